The fourth-order valence-electron chi connectivity index (χ4n) is 3.28. The van der Waals surface area contributed by atoms with Crippen LogP contribution in [-0.2, 0) is 24.9 Å². The first-order valence-electron chi connectivity index (χ1n) is 12.0. The topological polar surface area (TPSA) is 72.3 Å². The van der Waals surface area contributed by atoms with Crippen molar-refractivity contribution in [3.05, 3.63) is 72.9 Å². The van der Waals surface area contributed by atoms with Crippen molar-refractivity contribution in [2.24, 2.45) is 10.8 Å². The van der Waals surface area contributed by atoms with Gasteiger partial charge in [-0.25, -0.2) is 4.98 Å². The van der Waals surface area contributed by atoms with Crippen LogP contribution in [0.4, 0.5) is 0 Å². The van der Waals surface area contributed by atoms with Gasteiger partial charge in [0.05, 0.1) is 0 Å². The third kappa shape index (κ3) is 8.26. The smallest absolute Gasteiger partial charge is 0.216 e. The first-order chi connectivity index (χ1) is 16.2. The average molecular weight is 654 g/mol. The van der Waals surface area contributed by atoms with Gasteiger partial charge >= 0.3 is 0 Å². The molecule has 3 aromatic rings. The fraction of sp³-hybridized carbons (Fsp3) is 0.414. The zero-order valence-electron chi connectivity index (χ0n) is 21.6. The van der Waals surface area contributed by atoms with Crippen LogP contribution in [0.1, 0.15) is 67.2 Å². The molecule has 0 spiro atoms. The summed E-state index contributed by atoms with van der Waals surface area (Å²) in [6.45, 7) is 12.1. The Morgan fingerprint density at radius 2 is 1.60 bits per heavy atom. The summed E-state index contributed by atoms with van der Waals surface area (Å²) < 4.78 is 5.58. The standard InChI is InChI=1S/C15H28O2.C14H9N2O.Ir/c1-7-14(5,8-2)12(16)11-13(17)15(6,9-3)10-4;1-2-4-12-10-16-14(9-11(12)3-1)17-13-5-7-15-8-6-13;/h11,16H,7-10H2,1-6H3;1-5,7-10H;/q;-1;/b12-11-;;. The molecule has 0 saturated carbocycles. The molecule has 35 heavy (non-hydrogen) atoms. The number of nitrogens with zero attached hydrogens (tertiary/aromatic N) is 2. The second-order valence-electron chi connectivity index (χ2n) is 9.00. The zero-order valence-corrected chi connectivity index (χ0v) is 24.0. The molecule has 0 aliphatic carbocycles. The van der Waals surface area contributed by atoms with Gasteiger partial charge in [0.2, 0.25) is 5.88 Å². The number of rotatable bonds is 9. The normalized spacial score (nSPS) is 11.8. The summed E-state index contributed by atoms with van der Waals surface area (Å²) in [4.78, 5) is 20.3. The molecule has 0 saturated heterocycles. The molecule has 1 radical (unpaired) electrons. The Morgan fingerprint density at radius 3 is 2.14 bits per heavy atom. The van der Waals surface area contributed by atoms with E-state index in [0.29, 0.717) is 11.6 Å². The van der Waals surface area contributed by atoms with Gasteiger partial charge in [-0.1, -0.05) is 78.2 Å². The van der Waals surface area contributed by atoms with Crippen molar-refractivity contribution in [2.45, 2.75) is 67.2 Å². The molecule has 0 amide bonds. The largest absolute Gasteiger partial charge is 0.512 e. The van der Waals surface area contributed by atoms with Crippen molar-refractivity contribution in [1.29, 1.82) is 0 Å². The van der Waals surface area contributed by atoms with Gasteiger partial charge in [-0.05, 0) is 36.8 Å². The number of hydrogen-bond donors (Lipinski definition) is 1. The minimum atomic E-state index is -0.337. The Bertz CT molecular complexity index is 1090. The number of allylic oxidation sites excluding steroid dienone is 2. The monoisotopic (exact) mass is 654 g/mol. The molecule has 0 fully saturated rings. The Labute approximate surface area is 223 Å². The van der Waals surface area contributed by atoms with Crippen LogP contribution in [-0.4, -0.2) is 20.9 Å². The van der Waals surface area contributed by atoms with E-state index in [9.17, 15) is 9.90 Å². The van der Waals surface area contributed by atoms with Gasteiger partial charge in [0.1, 0.15) is 5.76 Å². The minimum absolute atomic E-state index is 0. The van der Waals surface area contributed by atoms with E-state index in [4.69, 9.17) is 4.74 Å². The van der Waals surface area contributed by atoms with Crippen LogP contribution in [0.25, 0.3) is 10.8 Å². The summed E-state index contributed by atoms with van der Waals surface area (Å²) in [7, 11) is 0. The molecule has 0 aliphatic rings. The molecule has 5 nitrogen and oxygen atoms in total. The van der Waals surface area contributed by atoms with Gasteiger partial charge in [-0.2, -0.15) is 12.1 Å². The number of aliphatic hydroxyl groups is 1. The molecule has 0 aliphatic heterocycles. The number of aliphatic hydroxyl groups excluding tert-OH is 1. The number of carbonyl (C=O) groups is 1. The number of ether oxygens (including phenoxy) is 1. The summed E-state index contributed by atoms with van der Waals surface area (Å²) >= 11 is 0. The summed E-state index contributed by atoms with van der Waals surface area (Å²) in [6, 6.07) is 14.6. The molecule has 0 bridgehead atoms. The van der Waals surface area contributed by atoms with Crippen LogP contribution in [0.5, 0.6) is 11.6 Å². The maximum absolute atomic E-state index is 12.2. The second-order valence-corrected chi connectivity index (χ2v) is 9.00. The van der Waals surface area contributed by atoms with E-state index in [0.717, 1.165) is 36.5 Å². The first kappa shape index (κ1) is 30.5. The molecular formula is C29H37IrN2O3-. The number of fused-ring (bicyclic) bond motifs is 1. The number of carbonyl (C=O) groups excluding carboxylic acids is 1. The Balaban J connectivity index is 0.000000340. The molecule has 191 valence electrons. The van der Waals surface area contributed by atoms with Crippen LogP contribution in [0, 0.1) is 16.9 Å². The molecular weight excluding hydrogens is 617 g/mol. The number of pyridine rings is 2. The van der Waals surface area contributed by atoms with Crippen molar-refractivity contribution in [2.75, 3.05) is 0 Å². The molecule has 1 aromatic carbocycles. The van der Waals surface area contributed by atoms with Crippen molar-refractivity contribution in [1.82, 2.24) is 9.97 Å². The summed E-state index contributed by atoms with van der Waals surface area (Å²) in [5.41, 5.74) is -0.603. The van der Waals surface area contributed by atoms with E-state index in [2.05, 4.69) is 16.0 Å². The van der Waals surface area contributed by atoms with E-state index in [1.165, 1.54) is 6.08 Å². The van der Waals surface area contributed by atoms with Gasteiger partial charge in [-0.15, -0.1) is 0 Å². The van der Waals surface area contributed by atoms with E-state index in [1.807, 2.05) is 71.9 Å². The van der Waals surface area contributed by atoms with Crippen molar-refractivity contribution in [3.63, 3.8) is 0 Å². The van der Waals surface area contributed by atoms with Gasteiger partial charge < -0.3 is 14.8 Å². The summed E-state index contributed by atoms with van der Waals surface area (Å²) in [5, 5.41) is 12.3. The molecule has 0 unspecified atom stereocenters. The predicted octanol–water partition coefficient (Wildman–Crippen LogP) is 7.87. The third-order valence-corrected chi connectivity index (χ3v) is 7.02. The van der Waals surface area contributed by atoms with Crippen LogP contribution in [0.2, 0.25) is 0 Å². The van der Waals surface area contributed by atoms with Crippen LogP contribution >= 0.6 is 0 Å². The minimum Gasteiger partial charge on any atom is -0.512 e. The van der Waals surface area contributed by atoms with Crippen molar-refractivity contribution < 1.29 is 34.7 Å². The predicted molar refractivity (Wildman–Crippen MR) is 138 cm³/mol. The molecule has 1 N–H and O–H groups in total. The van der Waals surface area contributed by atoms with Crippen LogP contribution < -0.4 is 4.74 Å². The number of benzene rings is 1. The first-order valence-corrected chi connectivity index (χ1v) is 12.0. The molecule has 0 atom stereocenters. The van der Waals surface area contributed by atoms with E-state index in [-0.39, 0.29) is 42.5 Å². The van der Waals surface area contributed by atoms with Crippen molar-refractivity contribution >= 4 is 16.6 Å². The number of ketones is 1. The SMILES string of the molecule is CCC(C)(CC)C(=O)/C=C(\O)C(C)(CC)CC.[Ir].[c-]1cnccc1Oc1cc2ccccc2cn1. The van der Waals surface area contributed by atoms with Crippen molar-refractivity contribution in [3.8, 4) is 11.6 Å². The maximum Gasteiger partial charge on any atom is 0.216 e. The van der Waals surface area contributed by atoms with E-state index >= 15 is 0 Å². The summed E-state index contributed by atoms with van der Waals surface area (Å²) in [6.07, 6.45) is 9.78. The van der Waals surface area contributed by atoms with E-state index in [1.54, 1.807) is 24.7 Å². The van der Waals surface area contributed by atoms with Gasteiger partial charge in [-0.3, -0.25) is 4.79 Å². The molecule has 6 heteroatoms. The van der Waals surface area contributed by atoms with Gasteiger partial charge in [0.25, 0.3) is 0 Å². The van der Waals surface area contributed by atoms with Gasteiger partial charge in [0.15, 0.2) is 5.78 Å². The number of hydrogen-bond acceptors (Lipinski definition) is 5. The van der Waals surface area contributed by atoms with E-state index < -0.39 is 0 Å². The molecule has 3 rings (SSSR count). The Morgan fingerprint density at radius 1 is 1.00 bits per heavy atom. The second kappa shape index (κ2) is 14.1. The summed E-state index contributed by atoms with van der Waals surface area (Å²) in [5.74, 6) is 1.46. The Kier molecular flexibility index (Phi) is 12.3. The Hall–Kier alpha value is -2.56. The van der Waals surface area contributed by atoms with Crippen LogP contribution in [0.15, 0.2) is 66.8 Å². The molecule has 2 heterocycles. The van der Waals surface area contributed by atoms with Crippen LogP contribution in [0.3, 0.4) is 0 Å². The quantitative estimate of drug-likeness (QED) is 0.145. The van der Waals surface area contributed by atoms with Gasteiger partial charge in [0, 0.05) is 54.7 Å². The molecule has 2 aromatic heterocycles. The zero-order chi connectivity index (χ0) is 25.2. The maximum atomic E-state index is 12.2. The number of aromatic nitrogens is 2. The fourth-order valence-corrected chi connectivity index (χ4v) is 3.28. The average Bonchev–Trinajstić information content (AvgIpc) is 2.88. The third-order valence-electron chi connectivity index (χ3n) is 7.02.